The zero-order valence-electron chi connectivity index (χ0n) is 14.2. The lowest BCUT2D eigenvalue weighted by atomic mass is 10.1. The molecule has 24 heavy (non-hydrogen) atoms. The van der Waals surface area contributed by atoms with Crippen LogP contribution >= 0.6 is 11.6 Å². The highest BCUT2D eigenvalue weighted by molar-refractivity contribution is 6.29. The fourth-order valence-corrected chi connectivity index (χ4v) is 2.98. The molecule has 1 aromatic rings. The van der Waals surface area contributed by atoms with Gasteiger partial charge in [-0.25, -0.2) is 4.98 Å². The van der Waals surface area contributed by atoms with Crippen LogP contribution in [0.25, 0.3) is 0 Å². The third-order valence-corrected chi connectivity index (χ3v) is 4.18. The van der Waals surface area contributed by atoms with Crippen LogP contribution in [0.4, 0.5) is 0 Å². The Balaban J connectivity index is 2.22. The second kappa shape index (κ2) is 8.30. The number of nitrogens with zero attached hydrogens (tertiary/aromatic N) is 4. The predicted molar refractivity (Wildman–Crippen MR) is 91.8 cm³/mol. The number of allylic oxidation sites excluding steroid dienone is 1. The van der Waals surface area contributed by atoms with Crippen LogP contribution < -0.4 is 0 Å². The van der Waals surface area contributed by atoms with E-state index in [-0.39, 0.29) is 16.8 Å². The summed E-state index contributed by atoms with van der Waals surface area (Å²) in [5, 5.41) is 11.9. The normalized spacial score (nSPS) is 18.0. The number of aromatic nitrogens is 1. The van der Waals surface area contributed by atoms with Gasteiger partial charge in [-0.05, 0) is 18.1 Å². The number of halogens is 1. The van der Waals surface area contributed by atoms with Crippen molar-refractivity contribution in [3.8, 4) is 0 Å². The third kappa shape index (κ3) is 4.36. The Kier molecular flexibility index (Phi) is 6.39. The van der Waals surface area contributed by atoms with E-state index in [1.165, 1.54) is 0 Å². The molecule has 1 aliphatic rings. The number of nitro groups is 1. The molecule has 0 aliphatic carbocycles. The van der Waals surface area contributed by atoms with Crippen molar-refractivity contribution in [3.05, 3.63) is 50.7 Å². The number of hydrogen-bond acceptors (Lipinski definition) is 6. The minimum Gasteiger partial charge on any atom is -0.358 e. The van der Waals surface area contributed by atoms with Crippen LogP contribution in [0.2, 0.25) is 5.15 Å². The maximum Gasteiger partial charge on any atom is 0.286 e. The quantitative estimate of drug-likeness (QED) is 0.425. The summed E-state index contributed by atoms with van der Waals surface area (Å²) < 4.78 is 5.83. The zero-order valence-corrected chi connectivity index (χ0v) is 15.0. The Bertz CT molecular complexity index is 606. The summed E-state index contributed by atoms with van der Waals surface area (Å²) >= 11 is 5.80. The first kappa shape index (κ1) is 18.5. The number of hydrogen-bond donors (Lipinski definition) is 0. The summed E-state index contributed by atoms with van der Waals surface area (Å²) in [5.41, 5.74) is 1.15. The minimum absolute atomic E-state index is 0.144. The Labute approximate surface area is 147 Å². The highest BCUT2D eigenvalue weighted by Gasteiger charge is 2.34. The average Bonchev–Trinajstić information content (AvgIpc) is 2.55. The fraction of sp³-hybridized carbons (Fsp3) is 0.562. The molecule has 0 fully saturated rings. The molecule has 0 saturated heterocycles. The highest BCUT2D eigenvalue weighted by atomic mass is 35.5. The van der Waals surface area contributed by atoms with Crippen molar-refractivity contribution in [1.29, 1.82) is 0 Å². The topological polar surface area (TPSA) is 71.7 Å². The van der Waals surface area contributed by atoms with Gasteiger partial charge in [-0.2, -0.15) is 0 Å². The zero-order chi connectivity index (χ0) is 17.7. The number of ether oxygens (including phenoxy) is 1. The van der Waals surface area contributed by atoms with Crippen molar-refractivity contribution in [2.45, 2.75) is 39.0 Å². The van der Waals surface area contributed by atoms with Crippen LogP contribution in [-0.2, 0) is 11.3 Å². The van der Waals surface area contributed by atoms with Gasteiger partial charge in [-0.1, -0.05) is 24.6 Å². The Morgan fingerprint density at radius 1 is 1.54 bits per heavy atom. The SMILES string of the molecule is CCCOC1CCC([N+](=O)[O-])=C(N(C)Cc2ccc(Cl)nc2)N1C. The lowest BCUT2D eigenvalue weighted by Crippen LogP contribution is -2.44. The van der Waals surface area contributed by atoms with Gasteiger partial charge >= 0.3 is 0 Å². The van der Waals surface area contributed by atoms with Crippen LogP contribution in [0.3, 0.4) is 0 Å². The molecule has 8 heteroatoms. The van der Waals surface area contributed by atoms with Crippen molar-refractivity contribution in [3.63, 3.8) is 0 Å². The summed E-state index contributed by atoms with van der Waals surface area (Å²) in [6.07, 6.45) is 3.46. The fourth-order valence-electron chi connectivity index (χ4n) is 2.87. The molecule has 132 valence electrons. The summed E-state index contributed by atoms with van der Waals surface area (Å²) in [7, 11) is 3.68. The molecule has 0 spiro atoms. The maximum atomic E-state index is 11.5. The molecule has 1 unspecified atom stereocenters. The van der Waals surface area contributed by atoms with E-state index in [1.807, 2.05) is 36.9 Å². The van der Waals surface area contributed by atoms with Crippen molar-refractivity contribution in [2.24, 2.45) is 0 Å². The Hall–Kier alpha value is -1.86. The monoisotopic (exact) mass is 354 g/mol. The Morgan fingerprint density at radius 3 is 2.88 bits per heavy atom. The van der Waals surface area contributed by atoms with Crippen LogP contribution in [0.15, 0.2) is 29.8 Å². The first-order valence-electron chi connectivity index (χ1n) is 7.97. The van der Waals surface area contributed by atoms with Crippen LogP contribution in [0.1, 0.15) is 31.7 Å². The molecule has 0 bridgehead atoms. The van der Waals surface area contributed by atoms with E-state index in [9.17, 15) is 10.1 Å². The van der Waals surface area contributed by atoms with Gasteiger partial charge in [0.15, 0.2) is 5.82 Å². The predicted octanol–water partition coefficient (Wildman–Crippen LogP) is 3.09. The van der Waals surface area contributed by atoms with Gasteiger partial charge in [0.25, 0.3) is 5.70 Å². The van der Waals surface area contributed by atoms with E-state index >= 15 is 0 Å². The molecule has 1 aromatic heterocycles. The lowest BCUT2D eigenvalue weighted by Gasteiger charge is -2.38. The van der Waals surface area contributed by atoms with Crippen molar-refractivity contribution in [2.75, 3.05) is 20.7 Å². The van der Waals surface area contributed by atoms with Gasteiger partial charge in [0.2, 0.25) is 0 Å². The molecule has 0 N–H and O–H groups in total. The molecular weight excluding hydrogens is 332 g/mol. The van der Waals surface area contributed by atoms with Gasteiger partial charge in [0.1, 0.15) is 11.4 Å². The van der Waals surface area contributed by atoms with Gasteiger partial charge in [-0.15, -0.1) is 0 Å². The first-order valence-corrected chi connectivity index (χ1v) is 8.35. The second-order valence-corrected chi connectivity index (χ2v) is 6.23. The van der Waals surface area contributed by atoms with Crippen molar-refractivity contribution >= 4 is 11.6 Å². The van der Waals surface area contributed by atoms with Crippen LogP contribution in [0.5, 0.6) is 0 Å². The lowest BCUT2D eigenvalue weighted by molar-refractivity contribution is -0.434. The summed E-state index contributed by atoms with van der Waals surface area (Å²) in [5.74, 6) is 0.585. The summed E-state index contributed by atoms with van der Waals surface area (Å²) in [6.45, 7) is 3.18. The molecule has 7 nitrogen and oxygen atoms in total. The largest absolute Gasteiger partial charge is 0.358 e. The summed E-state index contributed by atoms with van der Waals surface area (Å²) in [4.78, 5) is 18.9. The first-order chi connectivity index (χ1) is 11.4. The molecule has 1 atom stereocenters. The van der Waals surface area contributed by atoms with Gasteiger partial charge < -0.3 is 14.5 Å². The molecule has 0 aromatic carbocycles. The molecule has 0 amide bonds. The molecular formula is C16H23ClN4O3. The van der Waals surface area contributed by atoms with Crippen molar-refractivity contribution < 1.29 is 9.66 Å². The van der Waals surface area contributed by atoms with Crippen LogP contribution in [0, 0.1) is 10.1 Å². The van der Waals surface area contributed by atoms with E-state index in [2.05, 4.69) is 4.98 Å². The smallest absolute Gasteiger partial charge is 0.286 e. The molecule has 2 heterocycles. The van der Waals surface area contributed by atoms with E-state index < -0.39 is 0 Å². The maximum absolute atomic E-state index is 11.5. The molecule has 2 rings (SSSR count). The standard InChI is InChI=1S/C16H23ClN4O3/c1-4-9-24-15-8-6-13(21(22)23)16(20(15)3)19(2)11-12-5-7-14(17)18-10-12/h5,7,10,15H,4,6,8-9,11H2,1-3H3. The summed E-state index contributed by atoms with van der Waals surface area (Å²) in [6, 6.07) is 3.58. The third-order valence-electron chi connectivity index (χ3n) is 3.96. The van der Waals surface area contributed by atoms with E-state index in [0.29, 0.717) is 37.0 Å². The van der Waals surface area contributed by atoms with E-state index in [0.717, 1.165) is 12.0 Å². The minimum atomic E-state index is -0.293. The number of pyridine rings is 1. The van der Waals surface area contributed by atoms with Crippen LogP contribution in [-0.4, -0.2) is 46.6 Å². The van der Waals surface area contributed by atoms with Gasteiger partial charge in [0, 0.05) is 46.3 Å². The second-order valence-electron chi connectivity index (χ2n) is 5.85. The van der Waals surface area contributed by atoms with Gasteiger partial charge in [-0.3, -0.25) is 10.1 Å². The average molecular weight is 355 g/mol. The molecule has 0 radical (unpaired) electrons. The van der Waals surface area contributed by atoms with Crippen molar-refractivity contribution in [1.82, 2.24) is 14.8 Å². The molecule has 0 saturated carbocycles. The number of rotatable bonds is 7. The van der Waals surface area contributed by atoms with E-state index in [4.69, 9.17) is 16.3 Å². The Morgan fingerprint density at radius 2 is 2.29 bits per heavy atom. The molecule has 1 aliphatic heterocycles. The highest BCUT2D eigenvalue weighted by Crippen LogP contribution is 2.29. The van der Waals surface area contributed by atoms with E-state index in [1.54, 1.807) is 12.3 Å². The van der Waals surface area contributed by atoms with Gasteiger partial charge in [0.05, 0.1) is 4.92 Å².